The first-order chi connectivity index (χ1) is 13.2. The van der Waals surface area contributed by atoms with Gasteiger partial charge in [0.25, 0.3) is 0 Å². The largest absolute Gasteiger partial charge is 0.466 e. The van der Waals surface area contributed by atoms with Gasteiger partial charge in [-0.1, -0.05) is 17.7 Å². The van der Waals surface area contributed by atoms with E-state index in [1.54, 1.807) is 16.7 Å². The predicted octanol–water partition coefficient (Wildman–Crippen LogP) is 5.11. The molecular weight excluding hydrogens is 398 g/mol. The summed E-state index contributed by atoms with van der Waals surface area (Å²) in [4.78, 5) is 26.8. The topological polar surface area (TPSA) is 55.8 Å². The van der Waals surface area contributed by atoms with Crippen LogP contribution in [0.2, 0.25) is 5.02 Å². The van der Waals surface area contributed by atoms with Crippen molar-refractivity contribution < 1.29 is 19.1 Å². The Morgan fingerprint density at radius 1 is 1.21 bits per heavy atom. The van der Waals surface area contributed by atoms with Crippen LogP contribution in [-0.4, -0.2) is 48.0 Å². The molecule has 156 valence electrons. The van der Waals surface area contributed by atoms with Crippen molar-refractivity contribution in [3.8, 4) is 0 Å². The minimum atomic E-state index is -0.501. The van der Waals surface area contributed by atoms with E-state index in [1.807, 2.05) is 33.8 Å². The zero-order valence-electron chi connectivity index (χ0n) is 17.2. The number of thioether (sulfide) groups is 1. The molecule has 1 amide bonds. The Kier molecular flexibility index (Phi) is 8.50. The molecule has 1 aromatic carbocycles. The number of ether oxygens (including phenoxy) is 2. The number of fused-ring (bicyclic) bond motifs is 1. The lowest BCUT2D eigenvalue weighted by molar-refractivity contribution is -0.143. The van der Waals surface area contributed by atoms with E-state index in [0.717, 1.165) is 34.9 Å². The van der Waals surface area contributed by atoms with E-state index >= 15 is 0 Å². The SMILES string of the molecule is CCOC(=O)CCCSc1c(Cl)ccc2c1CCN(C(=O)OC(C)(C)C)CC2. The minimum Gasteiger partial charge on any atom is -0.466 e. The van der Waals surface area contributed by atoms with Crippen LogP contribution in [0.15, 0.2) is 17.0 Å². The van der Waals surface area contributed by atoms with Crippen LogP contribution in [0.1, 0.15) is 51.7 Å². The monoisotopic (exact) mass is 427 g/mol. The first kappa shape index (κ1) is 22.9. The smallest absolute Gasteiger partial charge is 0.410 e. The van der Waals surface area contributed by atoms with Crippen molar-refractivity contribution in [2.24, 2.45) is 0 Å². The summed E-state index contributed by atoms with van der Waals surface area (Å²) >= 11 is 8.15. The van der Waals surface area contributed by atoms with E-state index in [1.165, 1.54) is 11.1 Å². The lowest BCUT2D eigenvalue weighted by Gasteiger charge is -2.26. The van der Waals surface area contributed by atoms with Crippen molar-refractivity contribution in [3.63, 3.8) is 0 Å². The van der Waals surface area contributed by atoms with Crippen LogP contribution in [0, 0.1) is 0 Å². The summed E-state index contributed by atoms with van der Waals surface area (Å²) in [6, 6.07) is 3.98. The van der Waals surface area contributed by atoms with Gasteiger partial charge in [-0.25, -0.2) is 4.79 Å². The molecule has 0 bridgehead atoms. The molecule has 5 nitrogen and oxygen atoms in total. The van der Waals surface area contributed by atoms with Gasteiger partial charge in [0, 0.05) is 24.4 Å². The number of nitrogens with zero attached hydrogens (tertiary/aromatic N) is 1. The Morgan fingerprint density at radius 3 is 2.61 bits per heavy atom. The summed E-state index contributed by atoms with van der Waals surface area (Å²) in [5.41, 5.74) is 1.93. The van der Waals surface area contributed by atoms with Crippen LogP contribution in [0.5, 0.6) is 0 Å². The van der Waals surface area contributed by atoms with Crippen molar-refractivity contribution >= 4 is 35.4 Å². The fourth-order valence-electron chi connectivity index (χ4n) is 3.05. The van der Waals surface area contributed by atoms with Gasteiger partial charge in [-0.15, -0.1) is 11.8 Å². The average molecular weight is 428 g/mol. The number of amides is 1. The number of esters is 1. The van der Waals surface area contributed by atoms with E-state index in [2.05, 4.69) is 6.07 Å². The number of carbonyl (C=O) groups is 2. The molecule has 0 unspecified atom stereocenters. The van der Waals surface area contributed by atoms with Gasteiger partial charge in [0.15, 0.2) is 0 Å². The van der Waals surface area contributed by atoms with Gasteiger partial charge in [0.05, 0.1) is 11.6 Å². The highest BCUT2D eigenvalue weighted by Crippen LogP contribution is 2.35. The summed E-state index contributed by atoms with van der Waals surface area (Å²) < 4.78 is 10.5. The van der Waals surface area contributed by atoms with E-state index in [4.69, 9.17) is 21.1 Å². The van der Waals surface area contributed by atoms with Gasteiger partial charge in [0.1, 0.15) is 5.60 Å². The van der Waals surface area contributed by atoms with Crippen LogP contribution >= 0.6 is 23.4 Å². The number of hydrogen-bond donors (Lipinski definition) is 0. The lowest BCUT2D eigenvalue weighted by atomic mass is 10.0. The second-order valence-electron chi connectivity index (χ2n) is 7.74. The maximum Gasteiger partial charge on any atom is 0.410 e. The first-order valence-corrected chi connectivity index (χ1v) is 11.1. The molecule has 0 atom stereocenters. The fraction of sp³-hybridized carbons (Fsp3) is 0.619. The molecule has 28 heavy (non-hydrogen) atoms. The quantitative estimate of drug-likeness (QED) is 0.358. The summed E-state index contributed by atoms with van der Waals surface area (Å²) in [7, 11) is 0. The zero-order valence-corrected chi connectivity index (χ0v) is 18.8. The Bertz CT molecular complexity index is 702. The van der Waals surface area contributed by atoms with E-state index in [9.17, 15) is 9.59 Å². The molecule has 1 heterocycles. The van der Waals surface area contributed by atoms with Crippen molar-refractivity contribution in [2.75, 3.05) is 25.4 Å². The summed E-state index contributed by atoms with van der Waals surface area (Å²) in [5.74, 6) is 0.638. The molecule has 2 rings (SSSR count). The van der Waals surface area contributed by atoms with Gasteiger partial charge < -0.3 is 14.4 Å². The standard InChI is InChI=1S/C21H30ClNO4S/c1-5-26-18(24)7-6-14-28-19-16-11-13-23(20(25)27-21(2,3)4)12-10-15(16)8-9-17(19)22/h8-9H,5-7,10-14H2,1-4H3. The fourth-order valence-corrected chi connectivity index (χ4v) is 4.50. The second kappa shape index (κ2) is 10.4. The molecule has 1 aliphatic rings. The van der Waals surface area contributed by atoms with Gasteiger partial charge >= 0.3 is 12.1 Å². The highest BCUT2D eigenvalue weighted by atomic mass is 35.5. The second-order valence-corrected chi connectivity index (χ2v) is 9.25. The van der Waals surface area contributed by atoms with Crippen molar-refractivity contribution in [2.45, 2.75) is 63.9 Å². The van der Waals surface area contributed by atoms with Crippen LogP contribution < -0.4 is 0 Å². The van der Waals surface area contributed by atoms with Crippen LogP contribution in [0.25, 0.3) is 0 Å². The molecule has 0 spiro atoms. The molecular formula is C21H30ClNO4S. The first-order valence-electron chi connectivity index (χ1n) is 9.78. The van der Waals surface area contributed by atoms with Gasteiger partial charge in [-0.2, -0.15) is 0 Å². The van der Waals surface area contributed by atoms with Crippen LogP contribution in [0.4, 0.5) is 4.79 Å². The molecule has 1 aliphatic heterocycles. The average Bonchev–Trinajstić information content (AvgIpc) is 2.82. The highest BCUT2D eigenvalue weighted by Gasteiger charge is 2.25. The van der Waals surface area contributed by atoms with Gasteiger partial charge in [0.2, 0.25) is 0 Å². The third-order valence-electron chi connectivity index (χ3n) is 4.32. The van der Waals surface area contributed by atoms with E-state index in [0.29, 0.717) is 26.1 Å². The van der Waals surface area contributed by atoms with E-state index < -0.39 is 5.60 Å². The lowest BCUT2D eigenvalue weighted by Crippen LogP contribution is -2.38. The maximum atomic E-state index is 12.4. The summed E-state index contributed by atoms with van der Waals surface area (Å²) in [5, 5.41) is 0.727. The van der Waals surface area contributed by atoms with Gasteiger partial charge in [-0.3, -0.25) is 4.79 Å². The maximum absolute atomic E-state index is 12.4. The third-order valence-corrected chi connectivity index (χ3v) is 6.00. The molecule has 0 aliphatic carbocycles. The number of rotatable bonds is 6. The molecule has 1 aromatic rings. The van der Waals surface area contributed by atoms with E-state index in [-0.39, 0.29) is 12.1 Å². The number of hydrogen-bond acceptors (Lipinski definition) is 5. The molecule has 0 N–H and O–H groups in total. The third kappa shape index (κ3) is 6.89. The summed E-state index contributed by atoms with van der Waals surface area (Å²) in [6.07, 6.45) is 2.42. The Labute approximate surface area is 177 Å². The van der Waals surface area contributed by atoms with Crippen molar-refractivity contribution in [3.05, 3.63) is 28.3 Å². The van der Waals surface area contributed by atoms with Crippen molar-refractivity contribution in [1.29, 1.82) is 0 Å². The predicted molar refractivity (Wildman–Crippen MR) is 113 cm³/mol. The van der Waals surface area contributed by atoms with Crippen molar-refractivity contribution in [1.82, 2.24) is 4.90 Å². The molecule has 0 saturated carbocycles. The normalized spacial score (nSPS) is 14.2. The molecule has 7 heteroatoms. The number of carbonyl (C=O) groups excluding carboxylic acids is 2. The highest BCUT2D eigenvalue weighted by molar-refractivity contribution is 7.99. The zero-order chi connectivity index (χ0) is 20.7. The van der Waals surface area contributed by atoms with Crippen LogP contribution in [-0.2, 0) is 27.1 Å². The molecule has 0 aromatic heterocycles. The van der Waals surface area contributed by atoms with Crippen LogP contribution in [0.3, 0.4) is 0 Å². The molecule has 0 radical (unpaired) electrons. The Balaban J connectivity index is 2.01. The number of halogens is 1. The number of benzene rings is 1. The Hall–Kier alpha value is -1.40. The molecule has 0 saturated heterocycles. The summed E-state index contributed by atoms with van der Waals surface area (Å²) in [6.45, 7) is 9.10. The Morgan fingerprint density at radius 2 is 1.93 bits per heavy atom. The molecule has 0 fully saturated rings. The van der Waals surface area contributed by atoms with Gasteiger partial charge in [-0.05, 0) is 69.9 Å². The minimum absolute atomic E-state index is 0.158.